The number of Topliss-reactive ketones (excluding diaryl/α,β-unsaturated/α-hetero) is 1. The third-order valence-electron chi connectivity index (χ3n) is 5.68. The number of fused-ring (bicyclic) bond motifs is 1. The van der Waals surface area contributed by atoms with E-state index in [1.54, 1.807) is 42.5 Å². The van der Waals surface area contributed by atoms with Gasteiger partial charge in [0.2, 0.25) is 0 Å². The summed E-state index contributed by atoms with van der Waals surface area (Å²) in [6, 6.07) is 15.3. The highest BCUT2D eigenvalue weighted by molar-refractivity contribution is 6.42. The Morgan fingerprint density at radius 3 is 2.53 bits per heavy atom. The Bertz CT molecular complexity index is 1330. The van der Waals surface area contributed by atoms with Gasteiger partial charge in [0, 0.05) is 17.2 Å². The number of benzene rings is 3. The molecule has 0 radical (unpaired) electrons. The first-order chi connectivity index (χ1) is 16.2. The average molecular weight is 501 g/mol. The van der Waals surface area contributed by atoms with Crippen LogP contribution in [0.25, 0.3) is 0 Å². The molecule has 0 fully saturated rings. The number of aliphatic hydroxyl groups is 1. The number of nitrogens with zero attached hydrogens (tertiary/aromatic N) is 2. The summed E-state index contributed by atoms with van der Waals surface area (Å²) in [5, 5.41) is 23.5. The van der Waals surface area contributed by atoms with E-state index in [1.807, 2.05) is 0 Å². The summed E-state index contributed by atoms with van der Waals surface area (Å²) in [5.74, 6) is -1.32. The van der Waals surface area contributed by atoms with Gasteiger partial charge < -0.3 is 14.7 Å². The van der Waals surface area contributed by atoms with E-state index >= 15 is 0 Å². The number of ketones is 1. The maximum absolute atomic E-state index is 13.4. The van der Waals surface area contributed by atoms with Crippen LogP contribution in [-0.4, -0.2) is 28.8 Å². The Morgan fingerprint density at radius 1 is 1.12 bits per heavy atom. The van der Waals surface area contributed by atoms with Gasteiger partial charge >= 0.3 is 5.69 Å². The summed E-state index contributed by atoms with van der Waals surface area (Å²) < 4.78 is 4.96. The SMILES string of the molecule is COc1ccc(C(=O)CC2(O)C(=O)N(Cc3ccc(Cl)c(Cl)c3)c3ccccc32)cc1[N+](=O)[O-]. The Kier molecular flexibility index (Phi) is 6.31. The first kappa shape index (κ1) is 23.7. The molecule has 3 aromatic rings. The molecule has 1 amide bonds. The van der Waals surface area contributed by atoms with Crippen LogP contribution in [0.15, 0.2) is 60.7 Å². The molecule has 0 spiro atoms. The molecule has 1 N–H and O–H groups in total. The third kappa shape index (κ3) is 4.11. The number of para-hydroxylation sites is 1. The summed E-state index contributed by atoms with van der Waals surface area (Å²) >= 11 is 12.1. The average Bonchev–Trinajstić information content (AvgIpc) is 3.02. The molecule has 3 aromatic carbocycles. The summed E-state index contributed by atoms with van der Waals surface area (Å²) in [7, 11) is 1.28. The van der Waals surface area contributed by atoms with Gasteiger partial charge in [-0.25, -0.2) is 0 Å². The number of nitro benzene ring substituents is 1. The number of amides is 1. The molecule has 0 aliphatic carbocycles. The van der Waals surface area contributed by atoms with E-state index in [-0.39, 0.29) is 29.1 Å². The van der Waals surface area contributed by atoms with Crippen molar-refractivity contribution < 1.29 is 24.4 Å². The molecular formula is C24H18Cl2N2O6. The standard InChI is InChI=1S/C24H18Cl2N2O6/c1-34-22-9-7-15(11-20(22)28(32)33)21(29)12-24(31)16-4-2-3-5-19(16)27(23(24)30)13-14-6-8-17(25)18(26)10-14/h2-11,31H,12-13H2,1H3. The van der Waals surface area contributed by atoms with E-state index in [4.69, 9.17) is 27.9 Å². The fourth-order valence-electron chi connectivity index (χ4n) is 4.00. The maximum Gasteiger partial charge on any atom is 0.311 e. The molecule has 34 heavy (non-hydrogen) atoms. The topological polar surface area (TPSA) is 110 Å². The number of ether oxygens (including phenoxy) is 1. The van der Waals surface area contributed by atoms with Crippen molar-refractivity contribution in [1.29, 1.82) is 0 Å². The molecule has 1 heterocycles. The molecule has 0 saturated carbocycles. The van der Waals surface area contributed by atoms with Crippen LogP contribution in [0.3, 0.4) is 0 Å². The summed E-state index contributed by atoms with van der Waals surface area (Å²) in [6.45, 7) is 0.0945. The minimum Gasteiger partial charge on any atom is -0.490 e. The minimum atomic E-state index is -2.14. The summed E-state index contributed by atoms with van der Waals surface area (Å²) in [6.07, 6.45) is -0.593. The molecule has 1 unspecified atom stereocenters. The lowest BCUT2D eigenvalue weighted by Crippen LogP contribution is -2.41. The van der Waals surface area contributed by atoms with Gasteiger partial charge in [-0.1, -0.05) is 47.5 Å². The van der Waals surface area contributed by atoms with E-state index in [9.17, 15) is 24.8 Å². The predicted octanol–water partition coefficient (Wildman–Crippen LogP) is 4.92. The quantitative estimate of drug-likeness (QED) is 0.280. The molecule has 0 bridgehead atoms. The van der Waals surface area contributed by atoms with Crippen molar-refractivity contribution in [3.8, 4) is 5.75 Å². The van der Waals surface area contributed by atoms with Crippen molar-refractivity contribution in [2.75, 3.05) is 12.0 Å². The van der Waals surface area contributed by atoms with Crippen molar-refractivity contribution in [3.63, 3.8) is 0 Å². The molecule has 0 saturated heterocycles. The predicted molar refractivity (Wildman–Crippen MR) is 127 cm³/mol. The highest BCUT2D eigenvalue weighted by atomic mass is 35.5. The Morgan fingerprint density at radius 2 is 1.85 bits per heavy atom. The van der Waals surface area contributed by atoms with Crippen LogP contribution in [0.2, 0.25) is 10.0 Å². The van der Waals surface area contributed by atoms with Crippen molar-refractivity contribution in [1.82, 2.24) is 0 Å². The summed E-state index contributed by atoms with van der Waals surface area (Å²) in [4.78, 5) is 38.5. The smallest absolute Gasteiger partial charge is 0.311 e. The van der Waals surface area contributed by atoms with Gasteiger partial charge in [0.1, 0.15) is 0 Å². The van der Waals surface area contributed by atoms with Gasteiger partial charge in [0.25, 0.3) is 5.91 Å². The van der Waals surface area contributed by atoms with Crippen molar-refractivity contribution >= 4 is 46.3 Å². The van der Waals surface area contributed by atoms with Crippen LogP contribution in [0, 0.1) is 10.1 Å². The zero-order valence-electron chi connectivity index (χ0n) is 17.8. The van der Waals surface area contributed by atoms with Crippen molar-refractivity contribution in [2.45, 2.75) is 18.6 Å². The van der Waals surface area contributed by atoms with E-state index in [0.29, 0.717) is 21.3 Å². The zero-order chi connectivity index (χ0) is 24.6. The van der Waals surface area contributed by atoms with Crippen LogP contribution in [0.4, 0.5) is 11.4 Å². The van der Waals surface area contributed by atoms with Crippen LogP contribution in [-0.2, 0) is 16.9 Å². The normalized spacial score (nSPS) is 16.9. The molecular weight excluding hydrogens is 483 g/mol. The fraction of sp³-hybridized carbons (Fsp3) is 0.167. The van der Waals surface area contributed by atoms with Crippen LogP contribution in [0.1, 0.15) is 27.9 Å². The van der Waals surface area contributed by atoms with Crippen LogP contribution < -0.4 is 9.64 Å². The van der Waals surface area contributed by atoms with E-state index in [1.165, 1.54) is 24.1 Å². The number of methoxy groups -OCH3 is 1. The van der Waals surface area contributed by atoms with Crippen LogP contribution >= 0.6 is 23.2 Å². The van der Waals surface area contributed by atoms with E-state index < -0.39 is 28.6 Å². The number of anilines is 1. The third-order valence-corrected chi connectivity index (χ3v) is 6.42. The molecule has 4 rings (SSSR count). The molecule has 8 nitrogen and oxygen atoms in total. The number of hydrogen-bond donors (Lipinski definition) is 1. The second kappa shape index (κ2) is 9.06. The Labute approximate surface area is 204 Å². The van der Waals surface area contributed by atoms with Gasteiger partial charge in [0.15, 0.2) is 17.1 Å². The largest absolute Gasteiger partial charge is 0.490 e. The first-order valence-electron chi connectivity index (χ1n) is 10.1. The molecule has 1 atom stereocenters. The Balaban J connectivity index is 1.67. The van der Waals surface area contributed by atoms with Gasteiger partial charge in [-0.2, -0.15) is 0 Å². The molecule has 1 aliphatic heterocycles. The number of rotatable bonds is 7. The number of carbonyl (C=O) groups is 2. The Hall–Kier alpha value is -3.46. The van der Waals surface area contributed by atoms with Crippen molar-refractivity contribution in [3.05, 3.63) is 97.5 Å². The highest BCUT2D eigenvalue weighted by Crippen LogP contribution is 2.44. The highest BCUT2D eigenvalue weighted by Gasteiger charge is 2.50. The minimum absolute atomic E-state index is 0.00431. The van der Waals surface area contributed by atoms with E-state index in [0.717, 1.165) is 6.07 Å². The van der Waals surface area contributed by atoms with Crippen molar-refractivity contribution in [2.24, 2.45) is 0 Å². The lowest BCUT2D eigenvalue weighted by atomic mass is 9.88. The van der Waals surface area contributed by atoms with E-state index in [2.05, 4.69) is 0 Å². The van der Waals surface area contributed by atoms with Gasteiger partial charge in [-0.15, -0.1) is 0 Å². The second-order valence-electron chi connectivity index (χ2n) is 7.76. The number of nitro groups is 1. The second-order valence-corrected chi connectivity index (χ2v) is 8.58. The number of hydrogen-bond acceptors (Lipinski definition) is 6. The van der Waals surface area contributed by atoms with Gasteiger partial charge in [-0.05, 0) is 35.9 Å². The molecule has 174 valence electrons. The number of carbonyl (C=O) groups excluding carboxylic acids is 2. The fourth-order valence-corrected chi connectivity index (χ4v) is 4.32. The number of halogens is 2. The summed E-state index contributed by atoms with van der Waals surface area (Å²) in [5.41, 5.74) is -1.14. The van der Waals surface area contributed by atoms with Gasteiger partial charge in [0.05, 0.1) is 40.7 Å². The molecule has 1 aliphatic rings. The maximum atomic E-state index is 13.4. The van der Waals surface area contributed by atoms with Gasteiger partial charge in [-0.3, -0.25) is 19.7 Å². The zero-order valence-corrected chi connectivity index (χ0v) is 19.3. The lowest BCUT2D eigenvalue weighted by Gasteiger charge is -2.23. The molecule has 0 aromatic heterocycles. The first-order valence-corrected chi connectivity index (χ1v) is 10.8. The lowest BCUT2D eigenvalue weighted by molar-refractivity contribution is -0.385. The monoisotopic (exact) mass is 500 g/mol. The van der Waals surface area contributed by atoms with Crippen LogP contribution in [0.5, 0.6) is 5.75 Å². The molecule has 10 heteroatoms.